The second-order valence-electron chi connectivity index (χ2n) is 5.56. The number of aromatic nitrogens is 1. The van der Waals surface area contributed by atoms with Crippen LogP contribution in [-0.2, 0) is 11.2 Å². The number of benzene rings is 1. The molecule has 3 N–H and O–H groups in total. The summed E-state index contributed by atoms with van der Waals surface area (Å²) in [4.78, 5) is 16.5. The normalized spacial score (nSPS) is 20.4. The molecule has 2 aromatic rings. The lowest BCUT2D eigenvalue weighted by atomic mass is 9.94. The van der Waals surface area contributed by atoms with E-state index in [0.717, 1.165) is 17.5 Å². The Morgan fingerprint density at radius 3 is 2.87 bits per heavy atom. The van der Waals surface area contributed by atoms with Crippen molar-refractivity contribution in [1.82, 2.24) is 21.2 Å². The standard InChI is InChI=1S/C17H19ClN4O/c18-14-5-3-13(4-6-14)16-15(11-21-22-16)17(23)20-9-7-12-2-1-8-19-10-12/h1-6,8,10,15-16,21-22H,7,9,11H2,(H,20,23). The molecule has 6 heteroatoms. The minimum absolute atomic E-state index is 0.0475. The van der Waals surface area contributed by atoms with E-state index >= 15 is 0 Å². The number of hydrogen-bond donors (Lipinski definition) is 3. The Bertz CT molecular complexity index is 647. The van der Waals surface area contributed by atoms with Gasteiger partial charge in [0.25, 0.3) is 0 Å². The van der Waals surface area contributed by atoms with Crippen molar-refractivity contribution in [2.24, 2.45) is 5.92 Å². The van der Waals surface area contributed by atoms with Crippen molar-refractivity contribution in [3.05, 3.63) is 64.9 Å². The first-order chi connectivity index (χ1) is 11.2. The maximum absolute atomic E-state index is 12.5. The molecule has 1 amide bonds. The molecule has 3 rings (SSSR count). The van der Waals surface area contributed by atoms with Gasteiger partial charge in [0.15, 0.2) is 0 Å². The number of hydrogen-bond acceptors (Lipinski definition) is 4. The summed E-state index contributed by atoms with van der Waals surface area (Å²) in [5.74, 6) is -0.101. The van der Waals surface area contributed by atoms with E-state index in [9.17, 15) is 4.79 Å². The monoisotopic (exact) mass is 330 g/mol. The zero-order valence-corrected chi connectivity index (χ0v) is 13.4. The van der Waals surface area contributed by atoms with Gasteiger partial charge in [-0.1, -0.05) is 29.8 Å². The number of rotatable bonds is 5. The van der Waals surface area contributed by atoms with Crippen LogP contribution >= 0.6 is 11.6 Å². The van der Waals surface area contributed by atoms with E-state index in [0.29, 0.717) is 18.1 Å². The maximum Gasteiger partial charge on any atom is 0.226 e. The quantitative estimate of drug-likeness (QED) is 0.783. The van der Waals surface area contributed by atoms with Gasteiger partial charge in [0, 0.05) is 30.5 Å². The number of nitrogens with one attached hydrogen (secondary N) is 3. The van der Waals surface area contributed by atoms with E-state index in [2.05, 4.69) is 21.2 Å². The Labute approximate surface area is 140 Å². The van der Waals surface area contributed by atoms with Crippen LogP contribution in [0.15, 0.2) is 48.8 Å². The van der Waals surface area contributed by atoms with Crippen molar-refractivity contribution in [2.45, 2.75) is 12.5 Å². The number of amides is 1. The van der Waals surface area contributed by atoms with Gasteiger partial charge in [0.1, 0.15) is 0 Å². The SMILES string of the molecule is O=C(NCCc1cccnc1)C1CNNC1c1ccc(Cl)cc1. The number of halogens is 1. The van der Waals surface area contributed by atoms with E-state index in [4.69, 9.17) is 11.6 Å². The average molecular weight is 331 g/mol. The summed E-state index contributed by atoms with van der Waals surface area (Å²) in [6.07, 6.45) is 4.34. The molecule has 0 radical (unpaired) electrons. The van der Waals surface area contributed by atoms with Crippen LogP contribution in [0.1, 0.15) is 17.2 Å². The Morgan fingerprint density at radius 2 is 2.13 bits per heavy atom. The molecule has 5 nitrogen and oxygen atoms in total. The largest absolute Gasteiger partial charge is 0.355 e. The molecule has 2 atom stereocenters. The van der Waals surface area contributed by atoms with Gasteiger partial charge in [-0.15, -0.1) is 0 Å². The molecule has 1 saturated heterocycles. The van der Waals surface area contributed by atoms with Crippen LogP contribution < -0.4 is 16.2 Å². The number of carbonyl (C=O) groups is 1. The van der Waals surface area contributed by atoms with E-state index in [1.807, 2.05) is 42.6 Å². The predicted octanol–water partition coefficient (Wildman–Crippen LogP) is 1.86. The molecule has 2 heterocycles. The third-order valence-electron chi connectivity index (χ3n) is 3.98. The molecule has 2 unspecified atom stereocenters. The highest BCUT2D eigenvalue weighted by molar-refractivity contribution is 6.30. The summed E-state index contributed by atoms with van der Waals surface area (Å²) < 4.78 is 0. The first-order valence-electron chi connectivity index (χ1n) is 7.64. The van der Waals surface area contributed by atoms with Crippen molar-refractivity contribution in [3.63, 3.8) is 0 Å². The molecule has 23 heavy (non-hydrogen) atoms. The van der Waals surface area contributed by atoms with Crippen molar-refractivity contribution in [2.75, 3.05) is 13.1 Å². The fourth-order valence-corrected chi connectivity index (χ4v) is 2.86. The van der Waals surface area contributed by atoms with Gasteiger partial charge in [-0.25, -0.2) is 5.43 Å². The Balaban J connectivity index is 1.56. The molecule has 0 bridgehead atoms. The molecule has 0 aliphatic carbocycles. The van der Waals surface area contributed by atoms with Gasteiger partial charge in [0.2, 0.25) is 5.91 Å². The van der Waals surface area contributed by atoms with Gasteiger partial charge >= 0.3 is 0 Å². The molecule has 1 aromatic carbocycles. The zero-order valence-electron chi connectivity index (χ0n) is 12.6. The van der Waals surface area contributed by atoms with Gasteiger partial charge in [-0.2, -0.15) is 0 Å². The van der Waals surface area contributed by atoms with Gasteiger partial charge in [-0.3, -0.25) is 15.2 Å². The van der Waals surface area contributed by atoms with Crippen LogP contribution in [0.2, 0.25) is 5.02 Å². The molecule has 1 fully saturated rings. The molecule has 1 aliphatic heterocycles. The zero-order chi connectivity index (χ0) is 16.1. The lowest BCUT2D eigenvalue weighted by Gasteiger charge is -2.18. The minimum Gasteiger partial charge on any atom is -0.355 e. The van der Waals surface area contributed by atoms with Gasteiger partial charge in [0.05, 0.1) is 12.0 Å². The van der Waals surface area contributed by atoms with Crippen LogP contribution in [0.3, 0.4) is 0 Å². The van der Waals surface area contributed by atoms with Crippen LogP contribution in [-0.4, -0.2) is 24.0 Å². The molecule has 0 saturated carbocycles. The molecular weight excluding hydrogens is 312 g/mol. The van der Waals surface area contributed by atoms with E-state index in [-0.39, 0.29) is 17.9 Å². The molecule has 0 spiro atoms. The van der Waals surface area contributed by atoms with Crippen LogP contribution in [0.25, 0.3) is 0 Å². The fourth-order valence-electron chi connectivity index (χ4n) is 2.73. The smallest absolute Gasteiger partial charge is 0.226 e. The Kier molecular flexibility index (Phi) is 5.23. The lowest BCUT2D eigenvalue weighted by molar-refractivity contribution is -0.124. The third kappa shape index (κ3) is 4.07. The summed E-state index contributed by atoms with van der Waals surface area (Å²) in [6, 6.07) is 11.4. The van der Waals surface area contributed by atoms with E-state index in [1.165, 1.54) is 0 Å². The fraction of sp³-hybridized carbons (Fsp3) is 0.294. The lowest BCUT2D eigenvalue weighted by Crippen LogP contribution is -2.36. The average Bonchev–Trinajstić information content (AvgIpc) is 3.06. The van der Waals surface area contributed by atoms with Gasteiger partial charge in [-0.05, 0) is 35.7 Å². The van der Waals surface area contributed by atoms with Crippen LogP contribution in [0.5, 0.6) is 0 Å². The molecular formula is C17H19ClN4O. The molecule has 1 aliphatic rings. The first kappa shape index (κ1) is 15.9. The van der Waals surface area contributed by atoms with Crippen molar-refractivity contribution in [1.29, 1.82) is 0 Å². The van der Waals surface area contributed by atoms with Crippen molar-refractivity contribution < 1.29 is 4.79 Å². The number of carbonyl (C=O) groups excluding carboxylic acids is 1. The maximum atomic E-state index is 12.5. The molecule has 1 aromatic heterocycles. The summed E-state index contributed by atoms with van der Waals surface area (Å²) >= 11 is 5.92. The van der Waals surface area contributed by atoms with E-state index in [1.54, 1.807) is 6.20 Å². The summed E-state index contributed by atoms with van der Waals surface area (Å²) in [5.41, 5.74) is 8.40. The first-order valence-corrected chi connectivity index (χ1v) is 8.02. The Hall–Kier alpha value is -1.95. The highest BCUT2D eigenvalue weighted by Crippen LogP contribution is 2.26. The summed E-state index contributed by atoms with van der Waals surface area (Å²) in [5, 5.41) is 3.70. The number of hydrazine groups is 1. The summed E-state index contributed by atoms with van der Waals surface area (Å²) in [7, 11) is 0. The topological polar surface area (TPSA) is 66.0 Å². The highest BCUT2D eigenvalue weighted by Gasteiger charge is 2.33. The minimum atomic E-state index is -0.148. The van der Waals surface area contributed by atoms with E-state index < -0.39 is 0 Å². The van der Waals surface area contributed by atoms with Crippen LogP contribution in [0, 0.1) is 5.92 Å². The molecule has 120 valence electrons. The van der Waals surface area contributed by atoms with Gasteiger partial charge < -0.3 is 5.32 Å². The summed E-state index contributed by atoms with van der Waals surface area (Å²) in [6.45, 7) is 1.21. The predicted molar refractivity (Wildman–Crippen MR) is 89.8 cm³/mol. The highest BCUT2D eigenvalue weighted by atomic mass is 35.5. The number of nitrogens with zero attached hydrogens (tertiary/aromatic N) is 1. The third-order valence-corrected chi connectivity index (χ3v) is 4.24. The second-order valence-corrected chi connectivity index (χ2v) is 6.00. The van der Waals surface area contributed by atoms with Crippen LogP contribution in [0.4, 0.5) is 0 Å². The van der Waals surface area contributed by atoms with Crippen molar-refractivity contribution in [3.8, 4) is 0 Å². The van der Waals surface area contributed by atoms with Crippen molar-refractivity contribution >= 4 is 17.5 Å². The Morgan fingerprint density at radius 1 is 1.30 bits per heavy atom. The second kappa shape index (κ2) is 7.55. The number of pyridine rings is 1.